The lowest BCUT2D eigenvalue weighted by Crippen LogP contribution is -2.47. The molecule has 0 saturated carbocycles. The molecule has 9 heteroatoms. The first-order chi connectivity index (χ1) is 15.2. The fourth-order valence-corrected chi connectivity index (χ4v) is 4.15. The van der Waals surface area contributed by atoms with E-state index in [2.05, 4.69) is 10.6 Å². The molecule has 2 aliphatic rings. The van der Waals surface area contributed by atoms with Gasteiger partial charge in [-0.1, -0.05) is 24.3 Å². The van der Waals surface area contributed by atoms with Gasteiger partial charge < -0.3 is 20.3 Å². The van der Waals surface area contributed by atoms with Gasteiger partial charge in [-0.05, 0) is 43.7 Å². The molecule has 5 amide bonds. The number of benzene rings is 2. The van der Waals surface area contributed by atoms with Crippen molar-refractivity contribution in [3.63, 3.8) is 0 Å². The maximum Gasteiger partial charge on any atom is 0.325 e. The number of imide groups is 1. The lowest BCUT2D eigenvalue weighted by Gasteiger charge is -2.29. The maximum atomic E-state index is 13.3. The van der Waals surface area contributed by atoms with Gasteiger partial charge in [0.15, 0.2) is 0 Å². The second-order valence-corrected chi connectivity index (χ2v) is 8.06. The largest absolute Gasteiger partial charge is 0.497 e. The van der Waals surface area contributed by atoms with E-state index in [1.165, 1.54) is 12.0 Å². The van der Waals surface area contributed by atoms with Gasteiger partial charge in [0, 0.05) is 12.5 Å². The number of anilines is 2. The van der Waals surface area contributed by atoms with Gasteiger partial charge in [-0.2, -0.15) is 0 Å². The van der Waals surface area contributed by atoms with E-state index in [9.17, 15) is 19.2 Å². The van der Waals surface area contributed by atoms with E-state index < -0.39 is 36.0 Å². The first-order valence-corrected chi connectivity index (χ1v) is 10.2. The highest BCUT2D eigenvalue weighted by Gasteiger charge is 2.50. The SMILES string of the molecule is COc1cccc([C@@]2(C)NC(=O)N(CC(=O)N3c4ccccc4NC(=O)C[C@H]3C)C2=O)c1. The number of methoxy groups -OCH3 is 1. The van der Waals surface area contributed by atoms with Crippen LogP contribution >= 0.6 is 0 Å². The summed E-state index contributed by atoms with van der Waals surface area (Å²) in [5, 5.41) is 5.49. The van der Waals surface area contributed by atoms with Crippen LogP contribution in [0.5, 0.6) is 5.75 Å². The van der Waals surface area contributed by atoms with Crippen molar-refractivity contribution in [3.05, 3.63) is 54.1 Å². The van der Waals surface area contributed by atoms with Gasteiger partial charge in [-0.25, -0.2) is 4.79 Å². The van der Waals surface area contributed by atoms with Gasteiger partial charge in [0.2, 0.25) is 11.8 Å². The van der Waals surface area contributed by atoms with Crippen molar-refractivity contribution in [1.29, 1.82) is 0 Å². The predicted molar refractivity (Wildman–Crippen MR) is 117 cm³/mol. The zero-order valence-electron chi connectivity index (χ0n) is 18.0. The van der Waals surface area contributed by atoms with Crippen LogP contribution in [0.4, 0.5) is 16.2 Å². The molecule has 166 valence electrons. The van der Waals surface area contributed by atoms with Crippen LogP contribution in [0, 0.1) is 0 Å². The second-order valence-electron chi connectivity index (χ2n) is 8.06. The molecule has 2 aliphatic heterocycles. The minimum atomic E-state index is -1.33. The molecule has 1 saturated heterocycles. The standard InChI is InChI=1S/C23H24N4O5/c1-14-11-19(28)24-17-9-4-5-10-18(17)27(14)20(29)13-26-21(30)23(2,25-22(26)31)15-7-6-8-16(12-15)32-3/h4-10,12,14H,11,13H2,1-3H3,(H,24,28)(H,25,31)/t14-,23-/m1/s1. The number of nitrogens with zero attached hydrogens (tertiary/aromatic N) is 2. The predicted octanol–water partition coefficient (Wildman–Crippen LogP) is 2.23. The highest BCUT2D eigenvalue weighted by Crippen LogP contribution is 2.33. The number of ether oxygens (including phenoxy) is 1. The summed E-state index contributed by atoms with van der Waals surface area (Å²) in [6, 6.07) is 12.7. The zero-order valence-corrected chi connectivity index (χ0v) is 18.0. The Kier molecular flexibility index (Phi) is 5.33. The number of urea groups is 1. The molecule has 2 heterocycles. The number of fused-ring (bicyclic) bond motifs is 1. The number of carbonyl (C=O) groups is 4. The number of rotatable bonds is 4. The summed E-state index contributed by atoms with van der Waals surface area (Å²) in [6.45, 7) is 2.90. The van der Waals surface area contributed by atoms with Crippen molar-refractivity contribution in [1.82, 2.24) is 10.2 Å². The van der Waals surface area contributed by atoms with Gasteiger partial charge in [0.05, 0.1) is 18.5 Å². The van der Waals surface area contributed by atoms with Gasteiger partial charge in [-0.3, -0.25) is 19.3 Å². The number of amides is 5. The molecule has 9 nitrogen and oxygen atoms in total. The van der Waals surface area contributed by atoms with Crippen LogP contribution in [0.25, 0.3) is 0 Å². The molecular formula is C23H24N4O5. The number of para-hydroxylation sites is 2. The Morgan fingerprint density at radius 3 is 2.66 bits per heavy atom. The molecule has 0 aliphatic carbocycles. The fraction of sp³-hybridized carbons (Fsp3) is 0.304. The van der Waals surface area contributed by atoms with E-state index in [4.69, 9.17) is 4.74 Å². The van der Waals surface area contributed by atoms with Crippen molar-refractivity contribution in [2.24, 2.45) is 0 Å². The summed E-state index contributed by atoms with van der Waals surface area (Å²) < 4.78 is 5.23. The molecule has 2 N–H and O–H groups in total. The molecule has 0 radical (unpaired) electrons. The van der Waals surface area contributed by atoms with Crippen molar-refractivity contribution in [2.45, 2.75) is 31.8 Å². The quantitative estimate of drug-likeness (QED) is 0.715. The van der Waals surface area contributed by atoms with E-state index in [0.29, 0.717) is 22.7 Å². The van der Waals surface area contributed by atoms with Crippen LogP contribution < -0.4 is 20.3 Å². The summed E-state index contributed by atoms with van der Waals surface area (Å²) in [6.07, 6.45) is 0.0993. The first kappa shape index (κ1) is 21.4. The average Bonchev–Trinajstić information content (AvgIpc) is 2.90. The molecule has 2 atom stereocenters. The highest BCUT2D eigenvalue weighted by molar-refractivity contribution is 6.12. The van der Waals surface area contributed by atoms with E-state index in [1.54, 1.807) is 62.4 Å². The Morgan fingerprint density at radius 2 is 1.91 bits per heavy atom. The lowest BCUT2D eigenvalue weighted by atomic mass is 9.92. The van der Waals surface area contributed by atoms with Gasteiger partial charge in [0.25, 0.3) is 5.91 Å². The van der Waals surface area contributed by atoms with E-state index in [-0.39, 0.29) is 12.3 Å². The van der Waals surface area contributed by atoms with Crippen LogP contribution in [0.15, 0.2) is 48.5 Å². The summed E-state index contributed by atoms with van der Waals surface area (Å²) >= 11 is 0. The van der Waals surface area contributed by atoms with Crippen LogP contribution in [0.3, 0.4) is 0 Å². The minimum absolute atomic E-state index is 0.0993. The Labute approximate surface area is 185 Å². The van der Waals surface area contributed by atoms with E-state index in [0.717, 1.165) is 4.90 Å². The van der Waals surface area contributed by atoms with Crippen molar-refractivity contribution in [2.75, 3.05) is 23.9 Å². The molecule has 4 rings (SSSR count). The molecule has 0 aromatic heterocycles. The zero-order chi connectivity index (χ0) is 23.0. The van der Waals surface area contributed by atoms with Crippen LogP contribution in [0.1, 0.15) is 25.8 Å². The van der Waals surface area contributed by atoms with Gasteiger partial charge in [-0.15, -0.1) is 0 Å². The first-order valence-electron chi connectivity index (χ1n) is 10.2. The van der Waals surface area contributed by atoms with Crippen LogP contribution in [-0.2, 0) is 19.9 Å². The molecule has 0 unspecified atom stereocenters. The molecule has 0 spiro atoms. The number of nitrogens with one attached hydrogen (secondary N) is 2. The maximum absolute atomic E-state index is 13.3. The fourth-order valence-electron chi connectivity index (χ4n) is 4.15. The van der Waals surface area contributed by atoms with Gasteiger partial charge >= 0.3 is 6.03 Å². The molecular weight excluding hydrogens is 412 g/mol. The third kappa shape index (κ3) is 3.55. The average molecular weight is 436 g/mol. The molecule has 2 aromatic rings. The lowest BCUT2D eigenvalue weighted by molar-refractivity contribution is -0.134. The summed E-state index contributed by atoms with van der Waals surface area (Å²) in [5.74, 6) is -0.651. The Bertz CT molecular complexity index is 1120. The van der Waals surface area contributed by atoms with Crippen molar-refractivity contribution >= 4 is 35.1 Å². The molecule has 0 bridgehead atoms. The third-order valence-corrected chi connectivity index (χ3v) is 5.84. The smallest absolute Gasteiger partial charge is 0.325 e. The Hall–Kier alpha value is -3.88. The summed E-state index contributed by atoms with van der Waals surface area (Å²) in [4.78, 5) is 53.9. The highest BCUT2D eigenvalue weighted by atomic mass is 16.5. The normalized spacial score (nSPS) is 22.7. The third-order valence-electron chi connectivity index (χ3n) is 5.84. The molecule has 2 aromatic carbocycles. The summed E-state index contributed by atoms with van der Waals surface area (Å²) in [7, 11) is 1.52. The number of hydrogen-bond donors (Lipinski definition) is 2. The topological polar surface area (TPSA) is 108 Å². The number of carbonyl (C=O) groups excluding carboxylic acids is 4. The van der Waals surface area contributed by atoms with Crippen LogP contribution in [-0.4, -0.2) is 48.3 Å². The minimum Gasteiger partial charge on any atom is -0.497 e. The number of hydrogen-bond acceptors (Lipinski definition) is 5. The second kappa shape index (κ2) is 7.99. The molecule has 1 fully saturated rings. The Balaban J connectivity index is 1.61. The summed E-state index contributed by atoms with van der Waals surface area (Å²) in [5.41, 5.74) is 0.256. The molecule has 32 heavy (non-hydrogen) atoms. The van der Waals surface area contributed by atoms with E-state index >= 15 is 0 Å². The van der Waals surface area contributed by atoms with E-state index in [1.807, 2.05) is 0 Å². The monoisotopic (exact) mass is 436 g/mol. The van der Waals surface area contributed by atoms with Gasteiger partial charge in [0.1, 0.15) is 17.8 Å². The Morgan fingerprint density at radius 1 is 1.16 bits per heavy atom. The van der Waals surface area contributed by atoms with Crippen molar-refractivity contribution < 1.29 is 23.9 Å². The van der Waals surface area contributed by atoms with Crippen LogP contribution in [0.2, 0.25) is 0 Å². The van der Waals surface area contributed by atoms with Crippen molar-refractivity contribution in [3.8, 4) is 5.75 Å².